The van der Waals surface area contributed by atoms with Gasteiger partial charge in [0.25, 0.3) is 0 Å². The molecule has 0 aromatic carbocycles. The van der Waals surface area contributed by atoms with E-state index in [1.54, 1.807) is 0 Å². The van der Waals surface area contributed by atoms with Gasteiger partial charge in [0.05, 0.1) is 5.60 Å². The Balaban J connectivity index is 1.95. The van der Waals surface area contributed by atoms with Crippen LogP contribution in [0.2, 0.25) is 0 Å². The van der Waals surface area contributed by atoms with Crippen molar-refractivity contribution >= 4 is 5.78 Å². The van der Waals surface area contributed by atoms with Gasteiger partial charge in [-0.05, 0) is 110 Å². The zero-order valence-corrected chi connectivity index (χ0v) is 22.3. The van der Waals surface area contributed by atoms with Crippen LogP contribution in [0, 0.1) is 22.7 Å². The molecule has 0 saturated heterocycles. The Hall–Kier alpha value is -1.15. The van der Waals surface area contributed by atoms with Gasteiger partial charge in [-0.25, -0.2) is 0 Å². The van der Waals surface area contributed by atoms with Crippen molar-refractivity contribution in [2.24, 2.45) is 22.7 Å². The number of ketones is 1. The maximum absolute atomic E-state index is 12.6. The Bertz CT molecular complexity index is 745. The molecule has 0 aromatic heterocycles. The number of allylic oxidation sites excluding steroid dienone is 6. The second kappa shape index (κ2) is 10.9. The summed E-state index contributed by atoms with van der Waals surface area (Å²) in [7, 11) is 0. The molecule has 0 radical (unpaired) electrons. The van der Waals surface area contributed by atoms with Crippen molar-refractivity contribution in [3.63, 3.8) is 0 Å². The third-order valence-corrected chi connectivity index (χ3v) is 8.83. The van der Waals surface area contributed by atoms with Crippen LogP contribution in [-0.4, -0.2) is 16.5 Å². The Morgan fingerprint density at radius 1 is 0.906 bits per heavy atom. The second-order valence-corrected chi connectivity index (χ2v) is 12.2. The minimum Gasteiger partial charge on any atom is -0.390 e. The number of Topliss-reactive ketones (excluding diaryl/α,β-unsaturated/α-hetero) is 1. The van der Waals surface area contributed by atoms with E-state index in [0.717, 1.165) is 57.8 Å². The first kappa shape index (κ1) is 27.1. The lowest BCUT2D eigenvalue weighted by Crippen LogP contribution is -2.59. The highest BCUT2D eigenvalue weighted by atomic mass is 16.3. The summed E-state index contributed by atoms with van der Waals surface area (Å²) in [6, 6.07) is 0. The molecular weight excluding hydrogens is 392 g/mol. The smallest absolute Gasteiger partial charge is 0.138 e. The zero-order chi connectivity index (χ0) is 24.2. The van der Waals surface area contributed by atoms with E-state index in [4.69, 9.17) is 0 Å². The fourth-order valence-corrected chi connectivity index (χ4v) is 6.80. The Kier molecular flexibility index (Phi) is 9.19. The first-order chi connectivity index (χ1) is 14.8. The molecule has 32 heavy (non-hydrogen) atoms. The summed E-state index contributed by atoms with van der Waals surface area (Å²) in [5.41, 5.74) is 3.50. The van der Waals surface area contributed by atoms with Gasteiger partial charge in [-0.15, -0.1) is 0 Å². The van der Waals surface area contributed by atoms with Crippen LogP contribution in [0.25, 0.3) is 0 Å². The maximum Gasteiger partial charge on any atom is 0.138 e. The molecule has 0 spiro atoms. The standard InChI is InChI=1S/C30H50O2/c1-22(2)12-9-13-23(3)14-10-15-24(4)16-11-17-26-29(7)20-19-27(31)28(5,6)25(29)18-21-30(26,8)32/h12,14,16,25-26,32H,9-11,13,15,17-21H2,1-8H3/b23-14+,24-16+/t25-,26+,29-,30+/m0/s1. The van der Waals surface area contributed by atoms with Gasteiger partial charge in [-0.1, -0.05) is 55.7 Å². The van der Waals surface area contributed by atoms with E-state index in [2.05, 4.69) is 66.7 Å². The molecule has 1 N–H and O–H groups in total. The Morgan fingerprint density at radius 2 is 1.47 bits per heavy atom. The topological polar surface area (TPSA) is 37.3 Å². The van der Waals surface area contributed by atoms with Crippen LogP contribution >= 0.6 is 0 Å². The van der Waals surface area contributed by atoms with Crippen LogP contribution in [0.4, 0.5) is 0 Å². The summed E-state index contributed by atoms with van der Waals surface area (Å²) in [5, 5.41) is 11.3. The summed E-state index contributed by atoms with van der Waals surface area (Å²) in [6.07, 6.45) is 17.0. The van der Waals surface area contributed by atoms with Crippen molar-refractivity contribution in [1.82, 2.24) is 0 Å². The third-order valence-electron chi connectivity index (χ3n) is 8.83. The van der Waals surface area contributed by atoms with E-state index < -0.39 is 5.60 Å². The molecule has 2 fully saturated rings. The van der Waals surface area contributed by atoms with Crippen molar-refractivity contribution < 1.29 is 9.90 Å². The van der Waals surface area contributed by atoms with Crippen molar-refractivity contribution in [3.8, 4) is 0 Å². The molecular formula is C30H50O2. The highest BCUT2D eigenvalue weighted by Crippen LogP contribution is 2.62. The highest BCUT2D eigenvalue weighted by molar-refractivity contribution is 5.85. The average molecular weight is 443 g/mol. The van der Waals surface area contributed by atoms with Crippen molar-refractivity contribution in [1.29, 1.82) is 0 Å². The molecule has 0 aliphatic heterocycles. The fraction of sp³-hybridized carbons (Fsp3) is 0.767. The first-order valence-electron chi connectivity index (χ1n) is 13.0. The molecule has 0 unspecified atom stereocenters. The summed E-state index contributed by atoms with van der Waals surface area (Å²) < 4.78 is 0. The van der Waals surface area contributed by atoms with Gasteiger partial charge in [0, 0.05) is 11.8 Å². The monoisotopic (exact) mass is 442 g/mol. The van der Waals surface area contributed by atoms with E-state index in [1.165, 1.54) is 16.7 Å². The molecule has 0 heterocycles. The third kappa shape index (κ3) is 6.46. The van der Waals surface area contributed by atoms with Crippen molar-refractivity contribution in [2.75, 3.05) is 0 Å². The molecule has 182 valence electrons. The molecule has 2 nitrogen and oxygen atoms in total. The number of fused-ring (bicyclic) bond motifs is 1. The van der Waals surface area contributed by atoms with Crippen LogP contribution in [0.3, 0.4) is 0 Å². The SMILES string of the molecule is CC(C)=CCC/C(C)=C/CC/C(C)=C/CC[C@@H]1[C@@]2(C)CCC(=O)C(C)(C)[C@@H]2CC[C@@]1(C)O. The predicted molar refractivity (Wildman–Crippen MR) is 138 cm³/mol. The Labute approximate surface area is 198 Å². The van der Waals surface area contributed by atoms with Crippen LogP contribution < -0.4 is 0 Å². The molecule has 2 aliphatic rings. The number of rotatable bonds is 9. The number of aliphatic hydroxyl groups is 1. The van der Waals surface area contributed by atoms with Gasteiger partial charge in [0.15, 0.2) is 0 Å². The van der Waals surface area contributed by atoms with E-state index in [9.17, 15) is 9.90 Å². The largest absolute Gasteiger partial charge is 0.390 e. The van der Waals surface area contributed by atoms with E-state index in [1.807, 2.05) is 6.92 Å². The summed E-state index contributed by atoms with van der Waals surface area (Å²) >= 11 is 0. The van der Waals surface area contributed by atoms with Crippen LogP contribution in [0.5, 0.6) is 0 Å². The highest BCUT2D eigenvalue weighted by Gasteiger charge is 2.59. The quantitative estimate of drug-likeness (QED) is 0.364. The van der Waals surface area contributed by atoms with Gasteiger partial charge < -0.3 is 5.11 Å². The van der Waals surface area contributed by atoms with Gasteiger partial charge >= 0.3 is 0 Å². The lowest BCUT2D eigenvalue weighted by molar-refractivity contribution is -0.177. The fourth-order valence-electron chi connectivity index (χ4n) is 6.80. The van der Waals surface area contributed by atoms with E-state index >= 15 is 0 Å². The minimum atomic E-state index is -0.630. The van der Waals surface area contributed by atoms with E-state index in [0.29, 0.717) is 18.1 Å². The Morgan fingerprint density at radius 3 is 2.06 bits per heavy atom. The lowest BCUT2D eigenvalue weighted by Gasteiger charge is -2.60. The van der Waals surface area contributed by atoms with Crippen LogP contribution in [-0.2, 0) is 4.79 Å². The molecule has 2 heteroatoms. The molecule has 2 saturated carbocycles. The van der Waals surface area contributed by atoms with E-state index in [-0.39, 0.29) is 16.7 Å². The summed E-state index contributed by atoms with van der Waals surface area (Å²) in [4.78, 5) is 12.6. The summed E-state index contributed by atoms with van der Waals surface area (Å²) in [5.74, 6) is 1.05. The van der Waals surface area contributed by atoms with Crippen molar-refractivity contribution in [3.05, 3.63) is 34.9 Å². The molecule has 0 amide bonds. The normalized spacial score (nSPS) is 33.1. The molecule has 0 aromatic rings. The van der Waals surface area contributed by atoms with Gasteiger partial charge in [0.1, 0.15) is 5.78 Å². The second-order valence-electron chi connectivity index (χ2n) is 12.2. The number of hydrogen-bond acceptors (Lipinski definition) is 2. The van der Waals surface area contributed by atoms with Gasteiger partial charge in [-0.2, -0.15) is 0 Å². The van der Waals surface area contributed by atoms with Gasteiger partial charge in [0.2, 0.25) is 0 Å². The maximum atomic E-state index is 12.6. The molecule has 2 aliphatic carbocycles. The molecule has 2 rings (SSSR count). The lowest BCUT2D eigenvalue weighted by atomic mass is 9.45. The van der Waals surface area contributed by atoms with Crippen LogP contribution in [0.1, 0.15) is 120 Å². The van der Waals surface area contributed by atoms with Crippen molar-refractivity contribution in [2.45, 2.75) is 125 Å². The predicted octanol–water partition coefficient (Wildman–Crippen LogP) is 8.36. The number of carbonyl (C=O) groups excluding carboxylic acids is 1. The average Bonchev–Trinajstić information content (AvgIpc) is 2.67. The molecule has 4 atom stereocenters. The summed E-state index contributed by atoms with van der Waals surface area (Å²) in [6.45, 7) is 17.5. The van der Waals surface area contributed by atoms with Crippen LogP contribution in [0.15, 0.2) is 34.9 Å². The zero-order valence-electron chi connectivity index (χ0n) is 22.3. The van der Waals surface area contributed by atoms with Gasteiger partial charge in [-0.3, -0.25) is 4.79 Å². The number of carbonyl (C=O) groups is 1. The number of hydrogen-bond donors (Lipinski definition) is 1. The first-order valence-corrected chi connectivity index (χ1v) is 13.0. The molecule has 0 bridgehead atoms. The minimum absolute atomic E-state index is 0.0477.